The Balaban J connectivity index is 1.18. The van der Waals surface area contributed by atoms with Crippen LogP contribution in [-0.2, 0) is 0 Å². The van der Waals surface area contributed by atoms with Gasteiger partial charge in [0, 0.05) is 38.5 Å². The fourth-order valence-corrected chi connectivity index (χ4v) is 7.30. The van der Waals surface area contributed by atoms with Crippen LogP contribution in [0.3, 0.4) is 0 Å². The van der Waals surface area contributed by atoms with Gasteiger partial charge in [0.25, 0.3) is 0 Å². The van der Waals surface area contributed by atoms with Crippen molar-refractivity contribution < 1.29 is 0 Å². The molecule has 0 amide bonds. The standard InChI is InChI=1S/C44H26N4/c1-46-38-15-10-20-43-44(38)36-14-5-9-19-42(36)47(43)32-26-25-31(28-45)37(27-32)30-23-21-29(22-24-30)33-11-2-6-16-39(33)48-40-17-7-3-12-34(40)35-13-4-8-18-41(35)48/h2-27H. The number of hydrogen-bond acceptors (Lipinski definition) is 1. The van der Waals surface area contributed by atoms with Crippen LogP contribution in [0.15, 0.2) is 158 Å². The number of hydrogen-bond donors (Lipinski definition) is 0. The molecule has 7 aromatic carbocycles. The predicted molar refractivity (Wildman–Crippen MR) is 197 cm³/mol. The molecule has 4 nitrogen and oxygen atoms in total. The molecule has 0 aliphatic rings. The summed E-state index contributed by atoms with van der Waals surface area (Å²) in [5.41, 5.74) is 11.7. The third-order valence-corrected chi connectivity index (χ3v) is 9.41. The van der Waals surface area contributed by atoms with Crippen LogP contribution in [-0.4, -0.2) is 9.13 Å². The van der Waals surface area contributed by atoms with Crippen molar-refractivity contribution in [2.45, 2.75) is 0 Å². The van der Waals surface area contributed by atoms with Crippen LogP contribution in [0.25, 0.3) is 82.1 Å². The van der Waals surface area contributed by atoms with Crippen LogP contribution in [0.1, 0.15) is 5.56 Å². The average molecular weight is 611 g/mol. The first-order valence-electron chi connectivity index (χ1n) is 15.9. The van der Waals surface area contributed by atoms with Crippen molar-refractivity contribution in [3.8, 4) is 39.7 Å². The zero-order chi connectivity index (χ0) is 32.2. The van der Waals surface area contributed by atoms with Gasteiger partial charge in [0.15, 0.2) is 5.69 Å². The molecule has 48 heavy (non-hydrogen) atoms. The van der Waals surface area contributed by atoms with E-state index in [9.17, 15) is 5.26 Å². The lowest BCUT2D eigenvalue weighted by Crippen LogP contribution is -1.97. The van der Waals surface area contributed by atoms with Gasteiger partial charge in [-0.05, 0) is 65.0 Å². The summed E-state index contributed by atoms with van der Waals surface area (Å²) in [5, 5.41) is 14.6. The first kappa shape index (κ1) is 27.4. The van der Waals surface area contributed by atoms with Gasteiger partial charge in [-0.25, -0.2) is 4.85 Å². The van der Waals surface area contributed by atoms with Crippen LogP contribution in [0.2, 0.25) is 0 Å². The molecule has 2 aromatic heterocycles. The highest BCUT2D eigenvalue weighted by Gasteiger charge is 2.18. The summed E-state index contributed by atoms with van der Waals surface area (Å²) in [5.74, 6) is 0. The van der Waals surface area contributed by atoms with Crippen molar-refractivity contribution in [2.75, 3.05) is 0 Å². The molecule has 0 fully saturated rings. The number of para-hydroxylation sites is 4. The summed E-state index contributed by atoms with van der Waals surface area (Å²) in [7, 11) is 0. The first-order valence-corrected chi connectivity index (χ1v) is 15.9. The molecular formula is C44H26N4. The van der Waals surface area contributed by atoms with Gasteiger partial charge in [-0.2, -0.15) is 5.26 Å². The second kappa shape index (κ2) is 10.9. The number of benzene rings is 7. The molecular weight excluding hydrogens is 585 g/mol. The Morgan fingerprint density at radius 3 is 1.73 bits per heavy atom. The molecule has 0 N–H and O–H groups in total. The number of rotatable bonds is 4. The minimum Gasteiger partial charge on any atom is -0.311 e. The Labute approximate surface area is 277 Å². The van der Waals surface area contributed by atoms with E-state index in [0.29, 0.717) is 11.3 Å². The maximum absolute atomic E-state index is 10.2. The van der Waals surface area contributed by atoms with Crippen LogP contribution in [0.5, 0.6) is 0 Å². The second-order valence-corrected chi connectivity index (χ2v) is 11.9. The smallest absolute Gasteiger partial charge is 0.197 e. The molecule has 0 unspecified atom stereocenters. The third kappa shape index (κ3) is 4.07. The minimum atomic E-state index is 0.611. The quantitative estimate of drug-likeness (QED) is 0.183. The van der Waals surface area contributed by atoms with E-state index in [-0.39, 0.29) is 0 Å². The van der Waals surface area contributed by atoms with Gasteiger partial charge in [0.05, 0.1) is 40.4 Å². The fourth-order valence-electron chi connectivity index (χ4n) is 7.30. The van der Waals surface area contributed by atoms with Crippen LogP contribution in [0, 0.1) is 17.9 Å². The van der Waals surface area contributed by atoms with Crippen molar-refractivity contribution in [3.63, 3.8) is 0 Å². The maximum atomic E-state index is 10.2. The normalized spacial score (nSPS) is 11.3. The summed E-state index contributed by atoms with van der Waals surface area (Å²) in [6.45, 7) is 7.80. The number of nitrogens with zero attached hydrogens (tertiary/aromatic N) is 4. The van der Waals surface area contributed by atoms with Gasteiger partial charge >= 0.3 is 0 Å². The third-order valence-electron chi connectivity index (χ3n) is 9.41. The molecule has 0 radical (unpaired) electrons. The fraction of sp³-hybridized carbons (Fsp3) is 0. The number of fused-ring (bicyclic) bond motifs is 6. The van der Waals surface area contributed by atoms with Crippen molar-refractivity contribution in [1.29, 1.82) is 5.26 Å². The van der Waals surface area contributed by atoms with E-state index in [0.717, 1.165) is 55.4 Å². The lowest BCUT2D eigenvalue weighted by molar-refractivity contribution is 1.18. The molecule has 0 spiro atoms. The lowest BCUT2D eigenvalue weighted by atomic mass is 9.96. The summed E-state index contributed by atoms with van der Waals surface area (Å²) >= 11 is 0. The Hall–Kier alpha value is -6.88. The molecule has 9 rings (SSSR count). The van der Waals surface area contributed by atoms with Crippen LogP contribution >= 0.6 is 0 Å². The monoisotopic (exact) mass is 610 g/mol. The van der Waals surface area contributed by atoms with E-state index >= 15 is 0 Å². The summed E-state index contributed by atoms with van der Waals surface area (Å²) in [4.78, 5) is 3.83. The zero-order valence-corrected chi connectivity index (χ0v) is 25.8. The molecule has 4 heteroatoms. The lowest BCUT2D eigenvalue weighted by Gasteiger charge is -2.15. The van der Waals surface area contributed by atoms with Crippen molar-refractivity contribution in [2.24, 2.45) is 0 Å². The Morgan fingerprint density at radius 2 is 1.06 bits per heavy atom. The summed E-state index contributed by atoms with van der Waals surface area (Å²) in [6, 6.07) is 56.7. The molecule has 0 saturated heterocycles. The molecule has 9 aromatic rings. The molecule has 0 bridgehead atoms. The Morgan fingerprint density at radius 1 is 0.500 bits per heavy atom. The molecule has 0 aliphatic heterocycles. The maximum Gasteiger partial charge on any atom is 0.197 e. The minimum absolute atomic E-state index is 0.611. The van der Waals surface area contributed by atoms with Crippen LogP contribution in [0.4, 0.5) is 5.69 Å². The van der Waals surface area contributed by atoms with Gasteiger partial charge in [-0.15, -0.1) is 0 Å². The second-order valence-electron chi connectivity index (χ2n) is 11.9. The summed E-state index contributed by atoms with van der Waals surface area (Å²) < 4.78 is 4.55. The summed E-state index contributed by atoms with van der Waals surface area (Å²) in [6.07, 6.45) is 0. The first-order chi connectivity index (χ1) is 23.7. The van der Waals surface area contributed by atoms with E-state index < -0.39 is 0 Å². The Bertz CT molecular complexity index is 2750. The SMILES string of the molecule is [C-]#[N+]c1cccc2c1c1ccccc1n2-c1ccc(C#N)c(-c2ccc(-c3ccccc3-n3c4ccccc4c4ccccc43)cc2)c1. The van der Waals surface area contributed by atoms with E-state index in [4.69, 9.17) is 6.57 Å². The van der Waals surface area contributed by atoms with Crippen molar-refractivity contribution in [1.82, 2.24) is 9.13 Å². The predicted octanol–water partition coefficient (Wildman–Crippen LogP) is 11.6. The topological polar surface area (TPSA) is 38.0 Å². The number of nitriles is 1. The van der Waals surface area contributed by atoms with E-state index in [1.807, 2.05) is 36.4 Å². The highest BCUT2D eigenvalue weighted by Crippen LogP contribution is 2.40. The average Bonchev–Trinajstić information content (AvgIpc) is 3.68. The van der Waals surface area contributed by atoms with Crippen molar-refractivity contribution in [3.05, 3.63) is 175 Å². The van der Waals surface area contributed by atoms with E-state index in [2.05, 4.69) is 141 Å². The molecule has 0 atom stereocenters. The van der Waals surface area contributed by atoms with E-state index in [1.165, 1.54) is 21.8 Å². The molecule has 222 valence electrons. The van der Waals surface area contributed by atoms with Crippen LogP contribution < -0.4 is 0 Å². The molecule has 0 saturated carbocycles. The van der Waals surface area contributed by atoms with Gasteiger partial charge in [0.1, 0.15) is 0 Å². The highest BCUT2D eigenvalue weighted by molar-refractivity contribution is 6.15. The number of aromatic nitrogens is 2. The zero-order valence-electron chi connectivity index (χ0n) is 25.8. The Kier molecular flexibility index (Phi) is 6.22. The van der Waals surface area contributed by atoms with Gasteiger partial charge in [-0.1, -0.05) is 109 Å². The van der Waals surface area contributed by atoms with E-state index in [1.54, 1.807) is 0 Å². The molecule has 0 aliphatic carbocycles. The van der Waals surface area contributed by atoms with Crippen molar-refractivity contribution >= 4 is 49.3 Å². The largest absolute Gasteiger partial charge is 0.311 e. The van der Waals surface area contributed by atoms with Gasteiger partial charge in [0.2, 0.25) is 0 Å². The molecule has 2 heterocycles. The highest BCUT2D eigenvalue weighted by atomic mass is 15.0. The van der Waals surface area contributed by atoms with Gasteiger partial charge < -0.3 is 9.13 Å². The van der Waals surface area contributed by atoms with Gasteiger partial charge in [-0.3, -0.25) is 0 Å².